The van der Waals surface area contributed by atoms with Gasteiger partial charge in [0.15, 0.2) is 5.65 Å². The predicted octanol–water partition coefficient (Wildman–Crippen LogP) is 5.55. The fourth-order valence-electron chi connectivity index (χ4n) is 5.50. The molecule has 7 heteroatoms. The molecule has 2 N–H and O–H groups in total. The largest absolute Gasteiger partial charge is 0.356 e. The standard InChI is InChI=1S/C25H23Cl2N5/c26-19-7-3-6-18(21(19)27)22-24-29-10-13-32(24)20(15-30-22)31-11-8-25(9-12-31)14-16-4-1-2-5-17(16)23(25)28/h1-7,10,13,15,23H,8-9,11-12,14,28H2/t23-/m1/s1. The summed E-state index contributed by atoms with van der Waals surface area (Å²) < 4.78 is 2.10. The van der Waals surface area contributed by atoms with E-state index in [1.807, 2.05) is 24.5 Å². The van der Waals surface area contributed by atoms with E-state index in [1.165, 1.54) is 11.1 Å². The van der Waals surface area contributed by atoms with Gasteiger partial charge in [0.25, 0.3) is 0 Å². The number of nitrogens with two attached hydrogens (primary N) is 1. The third-order valence-corrected chi connectivity index (χ3v) is 8.11. The number of benzene rings is 2. The van der Waals surface area contributed by atoms with Crippen molar-refractivity contribution in [3.63, 3.8) is 0 Å². The van der Waals surface area contributed by atoms with Crippen LogP contribution in [0.2, 0.25) is 10.0 Å². The molecule has 0 bridgehead atoms. The predicted molar refractivity (Wildman–Crippen MR) is 129 cm³/mol. The zero-order chi connectivity index (χ0) is 21.9. The Balaban J connectivity index is 1.31. The molecule has 4 aromatic rings. The molecule has 0 saturated carbocycles. The number of hydrogen-bond donors (Lipinski definition) is 1. The molecule has 1 fully saturated rings. The van der Waals surface area contributed by atoms with E-state index < -0.39 is 0 Å². The number of halogens is 2. The fourth-order valence-corrected chi connectivity index (χ4v) is 5.89. The minimum Gasteiger partial charge on any atom is -0.356 e. The second kappa shape index (κ2) is 7.48. The minimum atomic E-state index is 0.111. The summed E-state index contributed by atoms with van der Waals surface area (Å²) in [6.07, 6.45) is 8.89. The zero-order valence-electron chi connectivity index (χ0n) is 17.5. The summed E-state index contributed by atoms with van der Waals surface area (Å²) in [6.45, 7) is 1.88. The molecule has 2 aromatic heterocycles. The summed E-state index contributed by atoms with van der Waals surface area (Å²) in [5, 5.41) is 1.00. The molecule has 2 aliphatic rings. The van der Waals surface area contributed by atoms with E-state index in [0.29, 0.717) is 10.0 Å². The van der Waals surface area contributed by atoms with Gasteiger partial charge in [0.2, 0.25) is 0 Å². The van der Waals surface area contributed by atoms with E-state index in [0.717, 1.165) is 55.1 Å². The monoisotopic (exact) mass is 463 g/mol. The van der Waals surface area contributed by atoms with Crippen molar-refractivity contribution < 1.29 is 0 Å². The number of imidazole rings is 1. The van der Waals surface area contributed by atoms with Gasteiger partial charge >= 0.3 is 0 Å². The first-order valence-electron chi connectivity index (χ1n) is 10.9. The minimum absolute atomic E-state index is 0.111. The van der Waals surface area contributed by atoms with Crippen LogP contribution in [-0.2, 0) is 6.42 Å². The Morgan fingerprint density at radius 1 is 1.00 bits per heavy atom. The second-order valence-electron chi connectivity index (χ2n) is 8.89. The highest BCUT2D eigenvalue weighted by Gasteiger charge is 2.46. The van der Waals surface area contributed by atoms with Crippen LogP contribution in [0.5, 0.6) is 0 Å². The van der Waals surface area contributed by atoms with Gasteiger partial charge in [-0.25, -0.2) is 9.97 Å². The maximum Gasteiger partial charge on any atom is 0.165 e. The third kappa shape index (κ3) is 2.95. The molecule has 1 saturated heterocycles. The van der Waals surface area contributed by atoms with E-state index in [2.05, 4.69) is 38.6 Å². The first-order chi connectivity index (χ1) is 15.6. The molecule has 0 radical (unpaired) electrons. The van der Waals surface area contributed by atoms with Crippen LogP contribution in [0.25, 0.3) is 16.9 Å². The summed E-state index contributed by atoms with van der Waals surface area (Å²) in [4.78, 5) is 11.7. The van der Waals surface area contributed by atoms with Crippen molar-refractivity contribution in [2.24, 2.45) is 11.1 Å². The molecule has 5 nitrogen and oxygen atoms in total. The lowest BCUT2D eigenvalue weighted by Crippen LogP contribution is -2.44. The molecule has 3 heterocycles. The summed E-state index contributed by atoms with van der Waals surface area (Å²) >= 11 is 12.7. The Bertz CT molecular complexity index is 1320. The molecule has 1 aliphatic heterocycles. The van der Waals surface area contributed by atoms with Gasteiger partial charge in [-0.15, -0.1) is 0 Å². The van der Waals surface area contributed by atoms with Crippen molar-refractivity contribution >= 4 is 34.7 Å². The normalized spacial score (nSPS) is 19.6. The van der Waals surface area contributed by atoms with Gasteiger partial charge in [0, 0.05) is 37.1 Å². The van der Waals surface area contributed by atoms with Crippen LogP contribution < -0.4 is 10.6 Å². The van der Waals surface area contributed by atoms with Crippen LogP contribution >= 0.6 is 23.2 Å². The smallest absolute Gasteiger partial charge is 0.165 e. The Labute approximate surface area is 196 Å². The van der Waals surface area contributed by atoms with Gasteiger partial charge in [-0.05, 0) is 41.9 Å². The van der Waals surface area contributed by atoms with E-state index >= 15 is 0 Å². The highest BCUT2D eigenvalue weighted by Crippen LogP contribution is 2.51. The molecule has 1 spiro atoms. The van der Waals surface area contributed by atoms with Gasteiger partial charge < -0.3 is 10.6 Å². The Morgan fingerprint density at radius 2 is 1.81 bits per heavy atom. The summed E-state index contributed by atoms with van der Waals surface area (Å²) in [6, 6.07) is 14.3. The molecule has 1 atom stereocenters. The van der Waals surface area contributed by atoms with Crippen LogP contribution in [0.1, 0.15) is 30.0 Å². The van der Waals surface area contributed by atoms with Gasteiger partial charge in [-0.3, -0.25) is 4.40 Å². The third-order valence-electron chi connectivity index (χ3n) is 7.29. The highest BCUT2D eigenvalue weighted by atomic mass is 35.5. The number of anilines is 1. The molecular formula is C25H23Cl2N5. The van der Waals surface area contributed by atoms with Gasteiger partial charge in [0.1, 0.15) is 11.5 Å². The van der Waals surface area contributed by atoms with Crippen LogP contribution in [-0.4, -0.2) is 27.5 Å². The van der Waals surface area contributed by atoms with E-state index in [4.69, 9.17) is 33.9 Å². The lowest BCUT2D eigenvalue weighted by molar-refractivity contribution is 0.187. The number of hydrogen-bond acceptors (Lipinski definition) is 4. The summed E-state index contributed by atoms with van der Waals surface area (Å²) in [7, 11) is 0. The molecule has 0 unspecified atom stereocenters. The fraction of sp³-hybridized carbons (Fsp3) is 0.280. The van der Waals surface area contributed by atoms with Crippen molar-refractivity contribution in [1.29, 1.82) is 0 Å². The van der Waals surface area contributed by atoms with Crippen LogP contribution in [0.15, 0.2) is 61.1 Å². The lowest BCUT2D eigenvalue weighted by Gasteiger charge is -2.43. The van der Waals surface area contributed by atoms with E-state index in [9.17, 15) is 0 Å². The molecular weight excluding hydrogens is 441 g/mol. The van der Waals surface area contributed by atoms with Gasteiger partial charge in [-0.2, -0.15) is 0 Å². The number of nitrogens with zero attached hydrogens (tertiary/aromatic N) is 4. The molecule has 0 amide bonds. The SMILES string of the molecule is N[C@@H]1c2ccccc2CC12CCN(c1cnc(-c3cccc(Cl)c3Cl)c3nccn13)CC2. The molecule has 2 aromatic carbocycles. The van der Waals surface area contributed by atoms with Crippen molar-refractivity contribution in [1.82, 2.24) is 14.4 Å². The number of aromatic nitrogens is 3. The Morgan fingerprint density at radius 3 is 2.62 bits per heavy atom. The maximum atomic E-state index is 6.76. The first kappa shape index (κ1) is 20.0. The maximum absolute atomic E-state index is 6.76. The van der Waals surface area contributed by atoms with Crippen molar-refractivity contribution in [2.45, 2.75) is 25.3 Å². The number of rotatable bonds is 2. The second-order valence-corrected chi connectivity index (χ2v) is 9.68. The molecule has 6 rings (SSSR count). The van der Waals surface area contributed by atoms with Gasteiger partial charge in [-0.1, -0.05) is 59.6 Å². The zero-order valence-corrected chi connectivity index (χ0v) is 19.0. The number of piperidine rings is 1. The van der Waals surface area contributed by atoms with Crippen LogP contribution in [0.4, 0.5) is 5.82 Å². The average Bonchev–Trinajstić information content (AvgIpc) is 3.40. The molecule has 162 valence electrons. The Kier molecular flexibility index (Phi) is 4.68. The summed E-state index contributed by atoms with van der Waals surface area (Å²) in [5.41, 5.74) is 11.9. The van der Waals surface area contributed by atoms with E-state index in [1.54, 1.807) is 12.3 Å². The molecule has 32 heavy (non-hydrogen) atoms. The lowest BCUT2D eigenvalue weighted by atomic mass is 9.73. The van der Waals surface area contributed by atoms with Crippen LogP contribution in [0, 0.1) is 5.41 Å². The van der Waals surface area contributed by atoms with Crippen molar-refractivity contribution in [2.75, 3.05) is 18.0 Å². The van der Waals surface area contributed by atoms with Gasteiger partial charge in [0.05, 0.1) is 16.2 Å². The average molecular weight is 464 g/mol. The topological polar surface area (TPSA) is 59.5 Å². The van der Waals surface area contributed by atoms with E-state index in [-0.39, 0.29) is 11.5 Å². The summed E-state index contributed by atoms with van der Waals surface area (Å²) in [5.74, 6) is 1.04. The van der Waals surface area contributed by atoms with Crippen molar-refractivity contribution in [3.8, 4) is 11.3 Å². The highest BCUT2D eigenvalue weighted by molar-refractivity contribution is 6.43. The van der Waals surface area contributed by atoms with Crippen molar-refractivity contribution in [3.05, 3.63) is 82.2 Å². The first-order valence-corrected chi connectivity index (χ1v) is 11.7. The van der Waals surface area contributed by atoms with Crippen LogP contribution in [0.3, 0.4) is 0 Å². The Hall–Kier alpha value is -2.60. The number of fused-ring (bicyclic) bond motifs is 2. The molecule has 1 aliphatic carbocycles. The quantitative estimate of drug-likeness (QED) is 0.423.